The fraction of sp³-hybridized carbons (Fsp3) is 0.172. The molecule has 0 heterocycles. The molecule has 0 aromatic heterocycles. The molecule has 0 saturated heterocycles. The zero-order valence-corrected chi connectivity index (χ0v) is 35.8. The maximum atomic E-state index is 2.45. The van der Waals surface area contributed by atoms with E-state index >= 15 is 0 Å². The number of benzene rings is 8. The summed E-state index contributed by atoms with van der Waals surface area (Å²) in [6, 6.07) is 64.6. The van der Waals surface area contributed by atoms with Crippen molar-refractivity contribution in [1.29, 1.82) is 0 Å². The molecule has 0 radical (unpaired) electrons. The lowest BCUT2D eigenvalue weighted by molar-refractivity contribution is 0.593. The Hall–Kier alpha value is -6.64. The van der Waals surface area contributed by atoms with Crippen molar-refractivity contribution >= 4 is 61.2 Å². The maximum Gasteiger partial charge on any atom is 0.0468 e. The van der Waals surface area contributed by atoms with Crippen LogP contribution in [0, 0.1) is 0 Å². The standard InChI is InChI=1S/C58H54N2/c1-57(2,3)55-51-37-35-50(60(46-25-17-10-18-26-46)48-33-29-44(30-34-48)42-21-13-8-14-22-42)40-54(51)56(58(4,5)6)52-38-36-49(39-53(52)55)59(45-23-15-9-16-24-45)47-31-27-43(28-32-47)41-19-11-7-12-20-41/h7,9-13,15-40H,8,14H2,1-6H3. The van der Waals surface area contributed by atoms with Crippen molar-refractivity contribution in [2.45, 2.75) is 65.2 Å². The predicted octanol–water partition coefficient (Wildman–Crippen LogP) is 16.9. The van der Waals surface area contributed by atoms with Crippen molar-refractivity contribution in [2.75, 3.05) is 9.80 Å². The van der Waals surface area contributed by atoms with E-state index < -0.39 is 0 Å². The summed E-state index contributed by atoms with van der Waals surface area (Å²) >= 11 is 0. The van der Waals surface area contributed by atoms with Gasteiger partial charge < -0.3 is 9.80 Å². The molecule has 8 aromatic rings. The third-order valence-electron chi connectivity index (χ3n) is 11.8. The van der Waals surface area contributed by atoms with Gasteiger partial charge in [0.05, 0.1) is 0 Å². The minimum absolute atomic E-state index is 0.139. The molecule has 1 aliphatic carbocycles. The van der Waals surface area contributed by atoms with Gasteiger partial charge in [-0.15, -0.1) is 0 Å². The molecule has 0 atom stereocenters. The SMILES string of the molecule is CC(C)(C)c1c2ccc(N(c3ccccc3)c3ccc(-c4ccccc4)cc3)cc2c(C(C)(C)C)c2ccc(N(c3ccccc3)c3ccc(C4=CCCC=C4)cc3)cc12. The topological polar surface area (TPSA) is 6.48 Å². The van der Waals surface area contributed by atoms with Gasteiger partial charge in [0.2, 0.25) is 0 Å². The van der Waals surface area contributed by atoms with Gasteiger partial charge >= 0.3 is 0 Å². The van der Waals surface area contributed by atoms with Crippen LogP contribution in [0.1, 0.15) is 71.1 Å². The Balaban J connectivity index is 1.24. The summed E-state index contributed by atoms with van der Waals surface area (Å²) in [5.74, 6) is 0. The van der Waals surface area contributed by atoms with Gasteiger partial charge in [-0.3, -0.25) is 0 Å². The number of hydrogen-bond acceptors (Lipinski definition) is 2. The molecule has 2 heteroatoms. The first-order chi connectivity index (χ1) is 29.0. The summed E-state index contributed by atoms with van der Waals surface area (Å²) in [7, 11) is 0. The van der Waals surface area contributed by atoms with Crippen LogP contribution >= 0.6 is 0 Å². The van der Waals surface area contributed by atoms with E-state index in [1.807, 2.05) is 0 Å². The van der Waals surface area contributed by atoms with E-state index in [0.29, 0.717) is 0 Å². The fourth-order valence-corrected chi connectivity index (χ4v) is 9.21. The Morgan fingerprint density at radius 3 is 1.15 bits per heavy atom. The third-order valence-corrected chi connectivity index (χ3v) is 11.8. The Morgan fingerprint density at radius 2 is 0.733 bits per heavy atom. The number of anilines is 6. The normalized spacial score (nSPS) is 13.1. The van der Waals surface area contributed by atoms with E-state index in [1.54, 1.807) is 0 Å². The van der Waals surface area contributed by atoms with Gasteiger partial charge in [-0.25, -0.2) is 0 Å². The molecule has 60 heavy (non-hydrogen) atoms. The lowest BCUT2D eigenvalue weighted by Gasteiger charge is -2.33. The molecule has 9 rings (SSSR count). The van der Waals surface area contributed by atoms with Crippen LogP contribution in [-0.2, 0) is 10.8 Å². The smallest absolute Gasteiger partial charge is 0.0468 e. The number of hydrogen-bond donors (Lipinski definition) is 0. The molecule has 0 aliphatic heterocycles. The van der Waals surface area contributed by atoms with Crippen LogP contribution in [0.5, 0.6) is 0 Å². The number of allylic oxidation sites excluding steroid dienone is 4. The molecule has 8 aromatic carbocycles. The van der Waals surface area contributed by atoms with Crippen LogP contribution in [0.4, 0.5) is 34.1 Å². The van der Waals surface area contributed by atoms with E-state index in [9.17, 15) is 0 Å². The van der Waals surface area contributed by atoms with Crippen molar-refractivity contribution in [3.05, 3.63) is 211 Å². The highest BCUT2D eigenvalue weighted by Crippen LogP contribution is 2.48. The molecule has 0 amide bonds. The first-order valence-electron chi connectivity index (χ1n) is 21.4. The molecule has 2 nitrogen and oxygen atoms in total. The number of para-hydroxylation sites is 2. The van der Waals surface area contributed by atoms with Crippen LogP contribution in [0.15, 0.2) is 194 Å². The van der Waals surface area contributed by atoms with E-state index in [0.717, 1.165) is 47.0 Å². The minimum Gasteiger partial charge on any atom is -0.310 e. The van der Waals surface area contributed by atoms with E-state index in [4.69, 9.17) is 0 Å². The largest absolute Gasteiger partial charge is 0.310 e. The van der Waals surface area contributed by atoms with Crippen molar-refractivity contribution in [3.63, 3.8) is 0 Å². The molecule has 1 aliphatic rings. The van der Waals surface area contributed by atoms with Gasteiger partial charge in [0.25, 0.3) is 0 Å². The summed E-state index contributed by atoms with van der Waals surface area (Å²) in [5.41, 5.74) is 14.3. The summed E-state index contributed by atoms with van der Waals surface area (Å²) in [5, 5.41) is 5.21. The highest BCUT2D eigenvalue weighted by molar-refractivity contribution is 6.10. The zero-order valence-electron chi connectivity index (χ0n) is 35.8. The summed E-state index contributed by atoms with van der Waals surface area (Å²) < 4.78 is 0. The predicted molar refractivity (Wildman–Crippen MR) is 260 cm³/mol. The average Bonchev–Trinajstić information content (AvgIpc) is 3.26. The minimum atomic E-state index is -0.140. The van der Waals surface area contributed by atoms with Gasteiger partial charge in [0.15, 0.2) is 0 Å². The second kappa shape index (κ2) is 15.8. The van der Waals surface area contributed by atoms with E-state index in [1.165, 1.54) is 54.9 Å². The first kappa shape index (κ1) is 38.9. The van der Waals surface area contributed by atoms with Crippen LogP contribution in [0.2, 0.25) is 0 Å². The van der Waals surface area contributed by atoms with Gasteiger partial charge in [-0.05, 0) is 151 Å². The summed E-state index contributed by atoms with van der Waals surface area (Å²) in [6.07, 6.45) is 9.10. The molecule has 0 bridgehead atoms. The Morgan fingerprint density at radius 1 is 0.350 bits per heavy atom. The average molecular weight is 779 g/mol. The second-order valence-corrected chi connectivity index (χ2v) is 18.2. The molecule has 0 fully saturated rings. The van der Waals surface area contributed by atoms with Crippen molar-refractivity contribution in [1.82, 2.24) is 0 Å². The monoisotopic (exact) mass is 778 g/mol. The second-order valence-electron chi connectivity index (χ2n) is 18.2. The number of rotatable bonds is 8. The van der Waals surface area contributed by atoms with E-state index in [2.05, 4.69) is 245 Å². The molecular weight excluding hydrogens is 725 g/mol. The highest BCUT2D eigenvalue weighted by Gasteiger charge is 2.29. The zero-order chi connectivity index (χ0) is 41.4. The molecular formula is C58H54N2. The Kier molecular flexibility index (Phi) is 10.3. The van der Waals surface area contributed by atoms with Gasteiger partial charge in [-0.1, -0.05) is 163 Å². The molecule has 0 unspecified atom stereocenters. The van der Waals surface area contributed by atoms with Crippen LogP contribution < -0.4 is 9.80 Å². The molecule has 0 spiro atoms. The third kappa shape index (κ3) is 7.55. The van der Waals surface area contributed by atoms with Crippen LogP contribution in [0.3, 0.4) is 0 Å². The Labute approximate surface area is 356 Å². The first-order valence-corrected chi connectivity index (χ1v) is 21.4. The quantitative estimate of drug-likeness (QED) is 0.142. The highest BCUT2D eigenvalue weighted by atomic mass is 15.1. The molecule has 296 valence electrons. The lowest BCUT2D eigenvalue weighted by Crippen LogP contribution is -2.18. The number of fused-ring (bicyclic) bond motifs is 2. The fourth-order valence-electron chi connectivity index (χ4n) is 9.21. The molecule has 0 N–H and O–H groups in total. The van der Waals surface area contributed by atoms with Crippen molar-refractivity contribution < 1.29 is 0 Å². The summed E-state index contributed by atoms with van der Waals surface area (Å²) in [6.45, 7) is 14.2. The Bertz CT molecular complexity index is 2840. The number of nitrogens with zero attached hydrogens (tertiary/aromatic N) is 2. The van der Waals surface area contributed by atoms with Gasteiger partial charge in [0.1, 0.15) is 0 Å². The maximum absolute atomic E-state index is 2.45. The van der Waals surface area contributed by atoms with E-state index in [-0.39, 0.29) is 10.8 Å². The van der Waals surface area contributed by atoms with Gasteiger partial charge in [0, 0.05) is 34.1 Å². The van der Waals surface area contributed by atoms with Crippen molar-refractivity contribution in [3.8, 4) is 11.1 Å². The lowest BCUT2D eigenvalue weighted by atomic mass is 9.74. The van der Waals surface area contributed by atoms with Crippen molar-refractivity contribution in [2.24, 2.45) is 0 Å². The van der Waals surface area contributed by atoms with Crippen LogP contribution in [-0.4, -0.2) is 0 Å². The van der Waals surface area contributed by atoms with Crippen LogP contribution in [0.25, 0.3) is 38.2 Å². The van der Waals surface area contributed by atoms with Gasteiger partial charge in [-0.2, -0.15) is 0 Å². The summed E-state index contributed by atoms with van der Waals surface area (Å²) in [4.78, 5) is 4.81. The molecule has 0 saturated carbocycles.